The number of piperazine rings is 1. The average molecular weight is 488 g/mol. The summed E-state index contributed by atoms with van der Waals surface area (Å²) in [7, 11) is 6.30. The lowest BCUT2D eigenvalue weighted by molar-refractivity contribution is 0.312. The summed E-state index contributed by atoms with van der Waals surface area (Å²) in [6.07, 6.45) is 4.80. The molecule has 36 heavy (non-hydrogen) atoms. The molecule has 0 atom stereocenters. The van der Waals surface area contributed by atoms with Gasteiger partial charge < -0.3 is 25.3 Å². The Bertz CT molecular complexity index is 1130. The summed E-state index contributed by atoms with van der Waals surface area (Å²) in [6, 6.07) is 17.6. The number of nitrogens with zero attached hydrogens (tertiary/aromatic N) is 5. The molecule has 2 aliphatic rings. The lowest BCUT2D eigenvalue weighted by Gasteiger charge is -2.35. The van der Waals surface area contributed by atoms with Crippen molar-refractivity contribution in [2.24, 2.45) is 5.92 Å². The van der Waals surface area contributed by atoms with Crippen LogP contribution in [0.1, 0.15) is 31.2 Å². The Kier molecular flexibility index (Phi) is 7.87. The van der Waals surface area contributed by atoms with Gasteiger partial charge in [-0.25, -0.2) is 4.98 Å². The van der Waals surface area contributed by atoms with E-state index in [4.69, 9.17) is 9.97 Å². The van der Waals surface area contributed by atoms with Crippen LogP contribution in [-0.4, -0.2) is 74.8 Å². The van der Waals surface area contributed by atoms with Gasteiger partial charge in [0.1, 0.15) is 5.82 Å². The fraction of sp³-hybridized carbons (Fsp3) is 0.517. The monoisotopic (exact) mass is 487 g/mol. The Labute approximate surface area is 215 Å². The fourth-order valence-electron chi connectivity index (χ4n) is 5.59. The van der Waals surface area contributed by atoms with Gasteiger partial charge in [0.25, 0.3) is 0 Å². The Morgan fingerprint density at radius 1 is 0.889 bits per heavy atom. The minimum Gasteiger partial charge on any atom is -0.369 e. The number of benzene rings is 2. The number of anilines is 3. The summed E-state index contributed by atoms with van der Waals surface area (Å²) >= 11 is 0. The van der Waals surface area contributed by atoms with Crippen molar-refractivity contribution in [3.8, 4) is 0 Å². The SMILES string of the molecule is CN1CCN(c2ccccc2CNC[C@H]2CC[C@@H](Nc3nc(N(C)C)c4ccccc4n3)CC2)CC1. The molecule has 2 fully saturated rings. The van der Waals surface area contributed by atoms with Crippen LogP contribution in [-0.2, 0) is 6.54 Å². The predicted molar refractivity (Wildman–Crippen MR) is 151 cm³/mol. The minimum atomic E-state index is 0.440. The highest BCUT2D eigenvalue weighted by Crippen LogP contribution is 2.28. The molecule has 0 unspecified atom stereocenters. The summed E-state index contributed by atoms with van der Waals surface area (Å²) in [5.41, 5.74) is 3.81. The maximum absolute atomic E-state index is 4.83. The fourth-order valence-corrected chi connectivity index (χ4v) is 5.59. The second-order valence-electron chi connectivity index (χ2n) is 10.7. The molecular formula is C29H41N7. The van der Waals surface area contributed by atoms with Gasteiger partial charge >= 0.3 is 0 Å². The maximum Gasteiger partial charge on any atom is 0.225 e. The third-order valence-corrected chi connectivity index (χ3v) is 7.77. The lowest BCUT2D eigenvalue weighted by Crippen LogP contribution is -2.45. The molecule has 2 N–H and O–H groups in total. The molecule has 2 heterocycles. The van der Waals surface area contributed by atoms with E-state index in [1.807, 2.05) is 26.2 Å². The van der Waals surface area contributed by atoms with Crippen molar-refractivity contribution < 1.29 is 0 Å². The van der Waals surface area contributed by atoms with Crippen LogP contribution in [0.4, 0.5) is 17.5 Å². The third kappa shape index (κ3) is 5.90. The van der Waals surface area contributed by atoms with Gasteiger partial charge in [0, 0.05) is 63.9 Å². The molecule has 0 radical (unpaired) electrons. The van der Waals surface area contributed by atoms with Crippen molar-refractivity contribution >= 4 is 28.4 Å². The minimum absolute atomic E-state index is 0.440. The highest BCUT2D eigenvalue weighted by Gasteiger charge is 2.23. The van der Waals surface area contributed by atoms with E-state index in [9.17, 15) is 0 Å². The van der Waals surface area contributed by atoms with Crippen LogP contribution in [0.25, 0.3) is 10.9 Å². The van der Waals surface area contributed by atoms with E-state index in [2.05, 4.69) is 68.8 Å². The van der Waals surface area contributed by atoms with Gasteiger partial charge in [-0.2, -0.15) is 4.98 Å². The van der Waals surface area contributed by atoms with Gasteiger partial charge in [0.05, 0.1) is 5.52 Å². The van der Waals surface area contributed by atoms with E-state index in [-0.39, 0.29) is 0 Å². The van der Waals surface area contributed by atoms with E-state index in [0.717, 1.165) is 80.7 Å². The summed E-state index contributed by atoms with van der Waals surface area (Å²) in [6.45, 7) is 6.53. The first-order valence-electron chi connectivity index (χ1n) is 13.5. The molecule has 0 bridgehead atoms. The standard InChI is InChI=1S/C29H41N7/c1-34(2)28-25-9-5-6-10-26(25)32-29(33-28)31-24-14-12-22(13-15-24)20-30-21-23-8-4-7-11-27(23)36-18-16-35(3)17-19-36/h4-11,22,24,30H,12-21H2,1-3H3,(H,31,32,33)/t22-,24+. The number of fused-ring (bicyclic) bond motifs is 1. The zero-order valence-electron chi connectivity index (χ0n) is 22.1. The van der Waals surface area contributed by atoms with E-state index in [1.54, 1.807) is 0 Å². The maximum atomic E-state index is 4.83. The quantitative estimate of drug-likeness (QED) is 0.494. The van der Waals surface area contributed by atoms with Gasteiger partial charge in [-0.1, -0.05) is 30.3 Å². The number of hydrogen-bond acceptors (Lipinski definition) is 7. The Morgan fingerprint density at radius 3 is 2.39 bits per heavy atom. The number of para-hydroxylation sites is 2. The number of hydrogen-bond donors (Lipinski definition) is 2. The van der Waals surface area contributed by atoms with Gasteiger partial charge in [0.15, 0.2) is 0 Å². The molecular weight excluding hydrogens is 446 g/mol. The van der Waals surface area contributed by atoms with Crippen LogP contribution in [0.5, 0.6) is 0 Å². The first-order valence-corrected chi connectivity index (χ1v) is 13.5. The van der Waals surface area contributed by atoms with Crippen LogP contribution in [0.3, 0.4) is 0 Å². The zero-order valence-corrected chi connectivity index (χ0v) is 22.1. The second kappa shape index (κ2) is 11.4. The van der Waals surface area contributed by atoms with E-state index >= 15 is 0 Å². The third-order valence-electron chi connectivity index (χ3n) is 7.77. The molecule has 1 saturated carbocycles. The van der Waals surface area contributed by atoms with Gasteiger partial charge in [-0.05, 0) is 69.0 Å². The van der Waals surface area contributed by atoms with Crippen molar-refractivity contribution in [3.63, 3.8) is 0 Å². The van der Waals surface area contributed by atoms with Crippen LogP contribution in [0, 0.1) is 5.92 Å². The topological polar surface area (TPSA) is 59.6 Å². The molecule has 3 aromatic rings. The van der Waals surface area contributed by atoms with Crippen molar-refractivity contribution in [2.75, 3.05) is 69.0 Å². The summed E-state index contributed by atoms with van der Waals surface area (Å²) in [4.78, 5) is 16.7. The van der Waals surface area contributed by atoms with Gasteiger partial charge in [-0.15, -0.1) is 0 Å². The molecule has 192 valence electrons. The van der Waals surface area contributed by atoms with Gasteiger partial charge in [0.2, 0.25) is 5.95 Å². The smallest absolute Gasteiger partial charge is 0.225 e. The van der Waals surface area contributed by atoms with Crippen molar-refractivity contribution in [3.05, 3.63) is 54.1 Å². The lowest BCUT2D eigenvalue weighted by atomic mass is 9.86. The molecule has 1 aliphatic carbocycles. The number of likely N-dealkylation sites (N-methyl/N-ethyl adjacent to an activating group) is 1. The zero-order chi connectivity index (χ0) is 24.9. The molecule has 2 aromatic carbocycles. The van der Waals surface area contributed by atoms with Crippen molar-refractivity contribution in [1.82, 2.24) is 20.2 Å². The molecule has 1 saturated heterocycles. The highest BCUT2D eigenvalue weighted by atomic mass is 15.2. The van der Waals surface area contributed by atoms with E-state index in [0.29, 0.717) is 6.04 Å². The van der Waals surface area contributed by atoms with Crippen LogP contribution >= 0.6 is 0 Å². The first kappa shape index (κ1) is 24.8. The Morgan fingerprint density at radius 2 is 1.61 bits per heavy atom. The Balaban J connectivity index is 1.11. The molecule has 5 rings (SSSR count). The van der Waals surface area contributed by atoms with Crippen LogP contribution in [0.2, 0.25) is 0 Å². The first-order chi connectivity index (χ1) is 17.6. The average Bonchev–Trinajstić information content (AvgIpc) is 2.90. The number of nitrogens with one attached hydrogen (secondary N) is 2. The summed E-state index contributed by atoms with van der Waals surface area (Å²) in [5, 5.41) is 8.51. The van der Waals surface area contributed by atoms with Gasteiger partial charge in [-0.3, -0.25) is 0 Å². The van der Waals surface area contributed by atoms with Crippen LogP contribution < -0.4 is 20.4 Å². The molecule has 0 spiro atoms. The normalized spacial score (nSPS) is 21.0. The van der Waals surface area contributed by atoms with Crippen molar-refractivity contribution in [2.45, 2.75) is 38.3 Å². The largest absolute Gasteiger partial charge is 0.369 e. The Hall–Kier alpha value is -2.90. The van der Waals surface area contributed by atoms with E-state index in [1.165, 1.54) is 24.1 Å². The number of rotatable bonds is 8. The molecule has 7 heteroatoms. The van der Waals surface area contributed by atoms with Crippen LogP contribution in [0.15, 0.2) is 48.5 Å². The second-order valence-corrected chi connectivity index (χ2v) is 10.7. The highest BCUT2D eigenvalue weighted by molar-refractivity contribution is 5.90. The molecule has 1 aromatic heterocycles. The van der Waals surface area contributed by atoms with Crippen molar-refractivity contribution in [1.29, 1.82) is 0 Å². The molecule has 1 aliphatic heterocycles. The molecule has 7 nitrogen and oxygen atoms in total. The summed E-state index contributed by atoms with van der Waals surface area (Å²) in [5.74, 6) is 2.45. The molecule has 0 amide bonds. The predicted octanol–water partition coefficient (Wildman–Crippen LogP) is 4.21. The van der Waals surface area contributed by atoms with E-state index < -0.39 is 0 Å². The summed E-state index contributed by atoms with van der Waals surface area (Å²) < 4.78 is 0. The number of aromatic nitrogens is 2.